The van der Waals surface area contributed by atoms with E-state index in [2.05, 4.69) is 25.8 Å². The number of pyridine rings is 1. The molecule has 2 aromatic rings. The number of aliphatic carboxylic acids is 1. The number of nitrogens with two attached hydrogens (primary N) is 1. The molecule has 1 fully saturated rings. The fourth-order valence-electron chi connectivity index (χ4n) is 3.40. The van der Waals surface area contributed by atoms with E-state index in [0.717, 1.165) is 4.90 Å². The Morgan fingerprint density at radius 1 is 1.26 bits per heavy atom. The number of carbonyl (C=O) groups is 4. The predicted octanol–water partition coefficient (Wildman–Crippen LogP) is -0.433. The van der Waals surface area contributed by atoms with Gasteiger partial charge in [-0.3, -0.25) is 24.3 Å². The van der Waals surface area contributed by atoms with Crippen LogP contribution < -0.4 is 11.1 Å². The van der Waals surface area contributed by atoms with Crippen LogP contribution in [0.15, 0.2) is 45.8 Å². The van der Waals surface area contributed by atoms with Gasteiger partial charge in [-0.25, -0.2) is 9.48 Å². The van der Waals surface area contributed by atoms with Crippen molar-refractivity contribution in [3.05, 3.63) is 35.8 Å². The van der Waals surface area contributed by atoms with Crippen molar-refractivity contribution >= 4 is 59.0 Å². The lowest BCUT2D eigenvalue weighted by Gasteiger charge is -2.49. The summed E-state index contributed by atoms with van der Waals surface area (Å²) in [6.45, 7) is 0.206. The second kappa shape index (κ2) is 11.1. The molecule has 0 aromatic carbocycles. The third-order valence-corrected chi connectivity index (χ3v) is 8.43. The van der Waals surface area contributed by atoms with Gasteiger partial charge in [0, 0.05) is 35.2 Å². The van der Waals surface area contributed by atoms with Gasteiger partial charge in [-0.1, -0.05) is 11.8 Å². The maximum Gasteiger partial charge on any atom is 0.352 e. The molecule has 0 aliphatic carbocycles. The average Bonchev–Trinajstić information content (AvgIpc) is 3.30. The highest BCUT2D eigenvalue weighted by Crippen LogP contribution is 2.41. The number of carboxylic acid groups (broad SMARTS) is 1. The van der Waals surface area contributed by atoms with Crippen LogP contribution in [0.5, 0.6) is 0 Å². The van der Waals surface area contributed by atoms with Gasteiger partial charge in [-0.2, -0.15) is 0 Å². The Morgan fingerprint density at radius 3 is 2.74 bits per heavy atom. The van der Waals surface area contributed by atoms with E-state index < -0.39 is 29.2 Å². The van der Waals surface area contributed by atoms with Crippen LogP contribution in [0.2, 0.25) is 0 Å². The molecule has 35 heavy (non-hydrogen) atoms. The summed E-state index contributed by atoms with van der Waals surface area (Å²) in [7, 11) is 0. The lowest BCUT2D eigenvalue weighted by atomic mass is 10.0. The summed E-state index contributed by atoms with van der Waals surface area (Å²) in [6, 6.07) is 2.78. The molecule has 0 saturated carbocycles. The first kappa shape index (κ1) is 25.0. The lowest BCUT2D eigenvalue weighted by Crippen LogP contribution is -2.70. The topological polar surface area (TPSA) is 186 Å². The Labute approximate surface area is 211 Å². The third kappa shape index (κ3) is 5.76. The van der Waals surface area contributed by atoms with E-state index in [9.17, 15) is 24.3 Å². The van der Waals surface area contributed by atoms with Gasteiger partial charge in [-0.05, 0) is 28.1 Å². The summed E-state index contributed by atoms with van der Waals surface area (Å²) in [5.41, 5.74) is 5.62. The van der Waals surface area contributed by atoms with Crippen molar-refractivity contribution in [3.8, 4) is 0 Å². The number of tetrazole rings is 1. The molecule has 2 aliphatic heterocycles. The minimum absolute atomic E-state index is 0.0651. The number of aromatic nitrogens is 5. The maximum absolute atomic E-state index is 12.8. The number of hydrogen-bond donors (Lipinski definition) is 3. The number of primary amides is 1. The van der Waals surface area contributed by atoms with Crippen molar-refractivity contribution in [3.63, 3.8) is 0 Å². The van der Waals surface area contributed by atoms with Crippen LogP contribution in [0.1, 0.15) is 6.42 Å². The van der Waals surface area contributed by atoms with Crippen molar-refractivity contribution in [2.75, 3.05) is 17.3 Å². The van der Waals surface area contributed by atoms with Gasteiger partial charge in [0.1, 0.15) is 17.1 Å². The molecule has 4 heterocycles. The highest BCUT2D eigenvalue weighted by molar-refractivity contribution is 8.01. The number of rotatable bonds is 11. The van der Waals surface area contributed by atoms with E-state index in [1.165, 1.54) is 44.9 Å². The van der Waals surface area contributed by atoms with Crippen LogP contribution in [-0.2, 0) is 25.7 Å². The van der Waals surface area contributed by atoms with Crippen LogP contribution in [0, 0.1) is 0 Å². The first-order valence-corrected chi connectivity index (χ1v) is 13.3. The summed E-state index contributed by atoms with van der Waals surface area (Å²) in [4.78, 5) is 54.2. The Bertz CT molecular complexity index is 1170. The molecular formula is C19H20N8O5S3. The number of thioether (sulfide) groups is 3. The molecule has 4 N–H and O–H groups in total. The molecule has 2 unspecified atom stereocenters. The second-order valence-electron chi connectivity index (χ2n) is 7.37. The molecule has 0 spiro atoms. The Kier molecular flexibility index (Phi) is 7.92. The molecular weight excluding hydrogens is 516 g/mol. The van der Waals surface area contributed by atoms with Crippen LogP contribution >= 0.6 is 35.3 Å². The zero-order chi connectivity index (χ0) is 24.9. The number of carboxylic acids is 1. The Hall–Kier alpha value is -3.11. The molecule has 3 amide bonds. The molecule has 2 aromatic heterocycles. The number of β-lactam (4-membered cyclic amide) rings is 1. The molecule has 13 nitrogen and oxygen atoms in total. The van der Waals surface area contributed by atoms with Crippen molar-refractivity contribution in [1.29, 1.82) is 0 Å². The van der Waals surface area contributed by atoms with Crippen molar-refractivity contribution in [2.24, 2.45) is 5.73 Å². The number of aryl methyl sites for hydroxylation is 1. The van der Waals surface area contributed by atoms with Crippen LogP contribution in [0.4, 0.5) is 0 Å². The fraction of sp³-hybridized carbons (Fsp3) is 0.368. The summed E-state index contributed by atoms with van der Waals surface area (Å²) in [5, 5.41) is 23.7. The van der Waals surface area contributed by atoms with Gasteiger partial charge >= 0.3 is 5.97 Å². The highest BCUT2D eigenvalue weighted by atomic mass is 32.2. The van der Waals surface area contributed by atoms with Gasteiger partial charge in [0.15, 0.2) is 0 Å². The predicted molar refractivity (Wildman–Crippen MR) is 127 cm³/mol. The molecule has 1 saturated heterocycles. The number of nitrogens with zero attached hydrogens (tertiary/aromatic N) is 6. The average molecular weight is 537 g/mol. The van der Waals surface area contributed by atoms with Gasteiger partial charge in [0.25, 0.3) is 5.91 Å². The van der Waals surface area contributed by atoms with E-state index in [4.69, 9.17) is 5.73 Å². The van der Waals surface area contributed by atoms with Crippen LogP contribution in [-0.4, -0.2) is 87.6 Å². The number of hydrogen-bond acceptors (Lipinski definition) is 11. The molecule has 0 bridgehead atoms. The van der Waals surface area contributed by atoms with Crippen LogP contribution in [0.25, 0.3) is 0 Å². The first-order chi connectivity index (χ1) is 16.8. The number of amides is 3. The smallest absolute Gasteiger partial charge is 0.352 e. The summed E-state index contributed by atoms with van der Waals surface area (Å²) >= 11 is 3.91. The maximum atomic E-state index is 12.8. The van der Waals surface area contributed by atoms with Gasteiger partial charge < -0.3 is 16.2 Å². The molecule has 2 atom stereocenters. The van der Waals surface area contributed by atoms with Crippen molar-refractivity contribution < 1.29 is 24.3 Å². The van der Waals surface area contributed by atoms with Gasteiger partial charge in [0.2, 0.25) is 17.0 Å². The number of fused-ring (bicyclic) bond motifs is 1. The second-order valence-corrected chi connectivity index (χ2v) is 10.5. The standard InChI is InChI=1S/C19H20N8O5S3/c20-12(28)3-6-26-19(23-24-25-26)35-8-10-7-34-17-14(16(30)27(17)15(10)18(31)32)22-13(29)9-33-11-1-4-21-5-2-11/h1-2,4-5,14,17H,3,6-9H2,(H2,20,28)(H,22,29)(H,31,32). The first-order valence-electron chi connectivity index (χ1n) is 10.2. The molecule has 2 aliphatic rings. The van der Waals surface area contributed by atoms with Crippen molar-refractivity contribution in [2.45, 2.75) is 34.4 Å². The number of carbonyl (C=O) groups excluding carboxylic acids is 3. The molecule has 4 rings (SSSR count). The van der Waals surface area contributed by atoms with Gasteiger partial charge in [-0.15, -0.1) is 28.6 Å². The zero-order valence-corrected chi connectivity index (χ0v) is 20.5. The largest absolute Gasteiger partial charge is 0.477 e. The van der Waals surface area contributed by atoms with E-state index >= 15 is 0 Å². The quantitative estimate of drug-likeness (QED) is 0.249. The SMILES string of the molecule is NC(=O)CCn1nnnc1SCC1=C(C(=O)O)N2C(=O)C(NC(=O)CSc3ccncc3)C2SC1. The van der Waals surface area contributed by atoms with Crippen molar-refractivity contribution in [1.82, 2.24) is 35.4 Å². The highest BCUT2D eigenvalue weighted by Gasteiger charge is 2.54. The van der Waals surface area contributed by atoms with Gasteiger partial charge in [0.05, 0.1) is 12.3 Å². The number of nitrogens with one attached hydrogen (secondary N) is 1. The molecule has 0 radical (unpaired) electrons. The summed E-state index contributed by atoms with van der Waals surface area (Å²) < 4.78 is 1.42. The monoisotopic (exact) mass is 536 g/mol. The summed E-state index contributed by atoms with van der Waals surface area (Å²) in [5.74, 6) is -1.75. The Morgan fingerprint density at radius 2 is 2.03 bits per heavy atom. The molecule has 16 heteroatoms. The van der Waals surface area contributed by atoms with Crippen LogP contribution in [0.3, 0.4) is 0 Å². The normalized spacial score (nSPS) is 19.2. The lowest BCUT2D eigenvalue weighted by molar-refractivity contribution is -0.150. The van der Waals surface area contributed by atoms with E-state index in [-0.39, 0.29) is 36.1 Å². The zero-order valence-electron chi connectivity index (χ0n) is 18.1. The third-order valence-electron chi connectivity index (χ3n) is 5.03. The summed E-state index contributed by atoms with van der Waals surface area (Å²) in [6.07, 6.45) is 3.32. The van der Waals surface area contributed by atoms with E-state index in [0.29, 0.717) is 16.5 Å². The van der Waals surface area contributed by atoms with E-state index in [1.54, 1.807) is 24.5 Å². The fourth-order valence-corrected chi connectivity index (χ4v) is 6.48. The molecule has 184 valence electrons. The minimum atomic E-state index is -1.22. The minimum Gasteiger partial charge on any atom is -0.477 e. The van der Waals surface area contributed by atoms with E-state index in [1.807, 2.05) is 0 Å². The Balaban J connectivity index is 1.38.